The molecule has 1 fully saturated rings. The Balaban J connectivity index is 1.50. The minimum atomic E-state index is -3.93. The Hall–Kier alpha value is -3.25. The number of carbonyl (C=O) groups is 2. The van der Waals surface area contributed by atoms with Gasteiger partial charge in [0, 0.05) is 24.2 Å². The van der Waals surface area contributed by atoms with E-state index in [1.54, 1.807) is 23.3 Å². The zero-order chi connectivity index (χ0) is 22.7. The summed E-state index contributed by atoms with van der Waals surface area (Å²) in [6.45, 7) is 3.21. The predicted octanol–water partition coefficient (Wildman–Crippen LogP) is 3.01. The Kier molecular flexibility index (Phi) is 6.24. The number of rotatable bonds is 7. The van der Waals surface area contributed by atoms with Gasteiger partial charge in [0.15, 0.2) is 0 Å². The van der Waals surface area contributed by atoms with E-state index in [-0.39, 0.29) is 39.8 Å². The number of ether oxygens (including phenoxy) is 1. The molecule has 3 heterocycles. The van der Waals surface area contributed by atoms with Crippen LogP contribution in [0.4, 0.5) is 5.69 Å². The van der Waals surface area contributed by atoms with Crippen molar-refractivity contribution in [3.05, 3.63) is 47.2 Å². The van der Waals surface area contributed by atoms with E-state index in [0.29, 0.717) is 18.7 Å². The van der Waals surface area contributed by atoms with Crippen molar-refractivity contribution in [3.63, 3.8) is 0 Å². The molecular formula is C20H20N4O6S2. The van der Waals surface area contributed by atoms with Gasteiger partial charge in [-0.15, -0.1) is 21.5 Å². The fourth-order valence-electron chi connectivity index (χ4n) is 3.18. The van der Waals surface area contributed by atoms with Crippen molar-refractivity contribution < 1.29 is 27.2 Å². The van der Waals surface area contributed by atoms with Crippen LogP contribution in [0.1, 0.15) is 40.8 Å². The maximum absolute atomic E-state index is 12.8. The summed E-state index contributed by atoms with van der Waals surface area (Å²) in [5.41, 5.74) is 0.852. The Labute approximate surface area is 188 Å². The molecule has 0 saturated carbocycles. The molecule has 1 amide bonds. The molecule has 32 heavy (non-hydrogen) atoms. The summed E-state index contributed by atoms with van der Waals surface area (Å²) < 4.78 is 38.5. The van der Waals surface area contributed by atoms with E-state index in [4.69, 9.17) is 9.15 Å². The SMILES string of the molecule is CCOC(=O)c1cccc(NS(=O)(=O)c2cc(-c3nnc(C(=O)N4CCCC4)o3)cs2)c1. The van der Waals surface area contributed by atoms with Crippen LogP contribution in [0.2, 0.25) is 0 Å². The van der Waals surface area contributed by atoms with Gasteiger partial charge in [-0.3, -0.25) is 9.52 Å². The molecule has 1 aromatic carbocycles. The molecule has 0 bridgehead atoms. The second-order valence-corrected chi connectivity index (χ2v) is 9.79. The maximum atomic E-state index is 12.8. The number of anilines is 1. The molecule has 1 N–H and O–H groups in total. The second kappa shape index (κ2) is 9.09. The number of sulfonamides is 1. The Morgan fingerprint density at radius 3 is 2.75 bits per heavy atom. The van der Waals surface area contributed by atoms with Crippen LogP contribution in [0.15, 0.2) is 44.3 Å². The number of esters is 1. The Morgan fingerprint density at radius 2 is 2.00 bits per heavy atom. The molecule has 1 saturated heterocycles. The van der Waals surface area contributed by atoms with Crippen molar-refractivity contribution in [2.75, 3.05) is 24.4 Å². The van der Waals surface area contributed by atoms with Gasteiger partial charge in [0.2, 0.25) is 5.89 Å². The number of benzene rings is 1. The molecule has 2 aromatic heterocycles. The third kappa shape index (κ3) is 4.65. The predicted molar refractivity (Wildman–Crippen MR) is 116 cm³/mol. The van der Waals surface area contributed by atoms with Crippen LogP contribution < -0.4 is 4.72 Å². The number of hydrogen-bond acceptors (Lipinski definition) is 9. The van der Waals surface area contributed by atoms with E-state index in [1.165, 1.54) is 24.3 Å². The molecule has 0 aliphatic carbocycles. The van der Waals surface area contributed by atoms with Gasteiger partial charge < -0.3 is 14.1 Å². The summed E-state index contributed by atoms with van der Waals surface area (Å²) in [5.74, 6) is -0.920. The Morgan fingerprint density at radius 1 is 1.22 bits per heavy atom. The molecule has 0 spiro atoms. The molecule has 0 atom stereocenters. The van der Waals surface area contributed by atoms with E-state index in [9.17, 15) is 18.0 Å². The van der Waals surface area contributed by atoms with Crippen molar-refractivity contribution in [1.29, 1.82) is 0 Å². The highest BCUT2D eigenvalue weighted by molar-refractivity contribution is 7.94. The molecule has 1 aliphatic heterocycles. The summed E-state index contributed by atoms with van der Waals surface area (Å²) in [6, 6.07) is 7.41. The van der Waals surface area contributed by atoms with Gasteiger partial charge >= 0.3 is 17.8 Å². The van der Waals surface area contributed by atoms with Crippen molar-refractivity contribution in [2.45, 2.75) is 24.0 Å². The third-order valence-corrected chi connectivity index (χ3v) is 7.54. The van der Waals surface area contributed by atoms with E-state index < -0.39 is 16.0 Å². The molecule has 12 heteroatoms. The molecule has 3 aromatic rings. The van der Waals surface area contributed by atoms with E-state index in [0.717, 1.165) is 24.2 Å². The minimum Gasteiger partial charge on any atom is -0.462 e. The fraction of sp³-hybridized carbons (Fsp3) is 0.300. The first-order valence-electron chi connectivity index (χ1n) is 9.89. The number of nitrogens with zero attached hydrogens (tertiary/aromatic N) is 3. The number of thiophene rings is 1. The highest BCUT2D eigenvalue weighted by atomic mass is 32.2. The monoisotopic (exact) mass is 476 g/mol. The zero-order valence-corrected chi connectivity index (χ0v) is 18.7. The molecule has 168 valence electrons. The van der Waals surface area contributed by atoms with Crippen LogP contribution in [-0.4, -0.2) is 55.1 Å². The number of aromatic nitrogens is 2. The standard InChI is InChI=1S/C20H20N4O6S2/c1-2-29-20(26)13-6-5-7-15(10-13)23-32(27,28)16-11-14(12-31-16)17-21-22-18(30-17)19(25)24-8-3-4-9-24/h5-7,10-12,23H,2-4,8-9H2,1H3. The normalized spacial score (nSPS) is 13.8. The summed E-state index contributed by atoms with van der Waals surface area (Å²) in [5, 5.41) is 9.24. The summed E-state index contributed by atoms with van der Waals surface area (Å²) in [6.07, 6.45) is 1.88. The van der Waals surface area contributed by atoms with Crippen LogP contribution in [0, 0.1) is 0 Å². The second-order valence-electron chi connectivity index (χ2n) is 6.97. The van der Waals surface area contributed by atoms with E-state index in [2.05, 4.69) is 14.9 Å². The first-order chi connectivity index (χ1) is 15.4. The van der Waals surface area contributed by atoms with Gasteiger partial charge in [-0.1, -0.05) is 6.07 Å². The van der Waals surface area contributed by atoms with Crippen LogP contribution in [0.25, 0.3) is 11.5 Å². The lowest BCUT2D eigenvalue weighted by Crippen LogP contribution is -2.27. The zero-order valence-electron chi connectivity index (χ0n) is 17.1. The fourth-order valence-corrected chi connectivity index (χ4v) is 5.38. The maximum Gasteiger partial charge on any atom is 0.338 e. The summed E-state index contributed by atoms with van der Waals surface area (Å²) >= 11 is 0.967. The van der Waals surface area contributed by atoms with Crippen molar-refractivity contribution in [3.8, 4) is 11.5 Å². The van der Waals surface area contributed by atoms with E-state index in [1.807, 2.05) is 0 Å². The van der Waals surface area contributed by atoms with Crippen LogP contribution in [-0.2, 0) is 14.8 Å². The van der Waals surface area contributed by atoms with Gasteiger partial charge in [-0.25, -0.2) is 13.2 Å². The first-order valence-corrected chi connectivity index (χ1v) is 12.3. The van der Waals surface area contributed by atoms with Gasteiger partial charge in [0.1, 0.15) is 4.21 Å². The highest BCUT2D eigenvalue weighted by Crippen LogP contribution is 2.29. The lowest BCUT2D eigenvalue weighted by molar-refractivity contribution is 0.0526. The van der Waals surface area contributed by atoms with Gasteiger partial charge in [-0.2, -0.15) is 0 Å². The smallest absolute Gasteiger partial charge is 0.338 e. The average Bonchev–Trinajstić information content (AvgIpc) is 3.55. The van der Waals surface area contributed by atoms with Gasteiger partial charge in [0.25, 0.3) is 10.0 Å². The number of carbonyl (C=O) groups excluding carboxylic acids is 2. The lowest BCUT2D eigenvalue weighted by atomic mass is 10.2. The summed E-state index contributed by atoms with van der Waals surface area (Å²) in [7, 11) is -3.93. The Bertz CT molecular complexity index is 1240. The van der Waals surface area contributed by atoms with Crippen LogP contribution in [0.5, 0.6) is 0 Å². The third-order valence-electron chi connectivity index (χ3n) is 4.71. The topological polar surface area (TPSA) is 132 Å². The largest absolute Gasteiger partial charge is 0.462 e. The molecular weight excluding hydrogens is 456 g/mol. The van der Waals surface area contributed by atoms with Gasteiger partial charge in [-0.05, 0) is 44.0 Å². The lowest BCUT2D eigenvalue weighted by Gasteiger charge is -2.11. The first kappa shape index (κ1) is 22.0. The van der Waals surface area contributed by atoms with Crippen molar-refractivity contribution >= 4 is 38.9 Å². The molecule has 1 aliphatic rings. The molecule has 10 nitrogen and oxygen atoms in total. The highest BCUT2D eigenvalue weighted by Gasteiger charge is 2.26. The quantitative estimate of drug-likeness (QED) is 0.515. The number of nitrogens with one attached hydrogen (secondary N) is 1. The number of likely N-dealkylation sites (tertiary alicyclic amines) is 1. The number of amides is 1. The van der Waals surface area contributed by atoms with Crippen molar-refractivity contribution in [2.24, 2.45) is 0 Å². The molecule has 4 rings (SSSR count). The van der Waals surface area contributed by atoms with Crippen LogP contribution >= 0.6 is 11.3 Å². The minimum absolute atomic E-state index is 0.0136. The van der Waals surface area contributed by atoms with E-state index >= 15 is 0 Å². The van der Waals surface area contributed by atoms with Crippen molar-refractivity contribution in [1.82, 2.24) is 15.1 Å². The summed E-state index contributed by atoms with van der Waals surface area (Å²) in [4.78, 5) is 25.9. The average molecular weight is 477 g/mol. The number of hydrogen-bond donors (Lipinski definition) is 1. The molecule has 0 unspecified atom stereocenters. The molecule has 0 radical (unpaired) electrons. The van der Waals surface area contributed by atoms with Gasteiger partial charge in [0.05, 0.1) is 17.7 Å². The van der Waals surface area contributed by atoms with Crippen LogP contribution in [0.3, 0.4) is 0 Å².